The summed E-state index contributed by atoms with van der Waals surface area (Å²) in [5.74, 6) is -0.0333. The Balaban J connectivity index is 1.99. The molecule has 0 radical (unpaired) electrons. The van der Waals surface area contributed by atoms with E-state index in [1.165, 1.54) is 0 Å². The molecule has 2 fully saturated rings. The zero-order valence-corrected chi connectivity index (χ0v) is 8.77. The van der Waals surface area contributed by atoms with Crippen molar-refractivity contribution in [3.8, 4) is 0 Å². The summed E-state index contributed by atoms with van der Waals surface area (Å²) in [4.78, 5) is 26.5. The van der Waals surface area contributed by atoms with E-state index < -0.39 is 6.04 Å². The van der Waals surface area contributed by atoms with E-state index in [1.54, 1.807) is 16.7 Å². The van der Waals surface area contributed by atoms with Crippen molar-refractivity contribution in [3.63, 3.8) is 0 Å². The third kappa shape index (κ3) is 1.77. The average Bonchev–Trinajstić information content (AvgIpc) is 2.59. The van der Waals surface area contributed by atoms with Crippen LogP contribution in [0.3, 0.4) is 0 Å². The van der Waals surface area contributed by atoms with Gasteiger partial charge in [0.1, 0.15) is 0 Å². The van der Waals surface area contributed by atoms with Crippen LogP contribution in [0.4, 0.5) is 4.79 Å². The minimum absolute atomic E-state index is 0.0205. The summed E-state index contributed by atoms with van der Waals surface area (Å²) in [6.07, 6.45) is 0. The number of fused-ring (bicyclic) bond motifs is 1. The summed E-state index contributed by atoms with van der Waals surface area (Å²) in [6, 6.07) is -0.358. The van der Waals surface area contributed by atoms with Gasteiger partial charge < -0.3 is 20.9 Å². The second-order valence-corrected chi connectivity index (χ2v) is 4.11. The van der Waals surface area contributed by atoms with E-state index in [2.05, 4.69) is 5.32 Å². The molecule has 2 unspecified atom stereocenters. The number of carbonyl (C=O) groups is 2. The number of piperazine rings is 1. The minimum Gasteiger partial charge on any atom is -0.337 e. The van der Waals surface area contributed by atoms with Crippen LogP contribution in [0.25, 0.3) is 0 Å². The Hall–Kier alpha value is -1.30. The molecule has 2 saturated heterocycles. The molecule has 0 spiro atoms. The summed E-state index contributed by atoms with van der Waals surface area (Å²) in [5.41, 5.74) is 5.54. The fourth-order valence-corrected chi connectivity index (χ4v) is 2.09. The summed E-state index contributed by atoms with van der Waals surface area (Å²) in [7, 11) is 0. The zero-order chi connectivity index (χ0) is 11.0. The van der Waals surface area contributed by atoms with Gasteiger partial charge in [-0.3, -0.25) is 4.79 Å². The third-order valence-corrected chi connectivity index (χ3v) is 2.93. The monoisotopic (exact) mass is 212 g/mol. The van der Waals surface area contributed by atoms with Gasteiger partial charge in [0.05, 0.1) is 12.1 Å². The summed E-state index contributed by atoms with van der Waals surface area (Å²) >= 11 is 0. The topological polar surface area (TPSA) is 78.7 Å². The standard InChI is InChI=1S/C9H16N4O2/c1-6(10)8(14)12-2-3-13-7(5-12)4-11-9(13)15/h6-7H,2-5,10H2,1H3,(H,11,15). The van der Waals surface area contributed by atoms with Crippen molar-refractivity contribution in [2.45, 2.75) is 19.0 Å². The van der Waals surface area contributed by atoms with E-state index in [0.717, 1.165) is 0 Å². The van der Waals surface area contributed by atoms with Crippen molar-refractivity contribution in [1.29, 1.82) is 0 Å². The Labute approximate surface area is 88.4 Å². The van der Waals surface area contributed by atoms with Gasteiger partial charge in [-0.2, -0.15) is 0 Å². The van der Waals surface area contributed by atoms with Gasteiger partial charge in [0, 0.05) is 26.2 Å². The van der Waals surface area contributed by atoms with Gasteiger partial charge in [0.15, 0.2) is 0 Å². The van der Waals surface area contributed by atoms with E-state index in [4.69, 9.17) is 5.73 Å². The Morgan fingerprint density at radius 2 is 2.33 bits per heavy atom. The van der Waals surface area contributed by atoms with Crippen LogP contribution in [0.5, 0.6) is 0 Å². The molecule has 0 aromatic carbocycles. The van der Waals surface area contributed by atoms with E-state index in [0.29, 0.717) is 26.2 Å². The number of amides is 3. The molecule has 84 valence electrons. The highest BCUT2D eigenvalue weighted by molar-refractivity contribution is 5.82. The molecule has 2 aliphatic heterocycles. The van der Waals surface area contributed by atoms with E-state index >= 15 is 0 Å². The number of urea groups is 1. The van der Waals surface area contributed by atoms with Gasteiger partial charge in [0.25, 0.3) is 0 Å². The van der Waals surface area contributed by atoms with Crippen LogP contribution in [0.1, 0.15) is 6.92 Å². The molecule has 6 nitrogen and oxygen atoms in total. The van der Waals surface area contributed by atoms with Crippen LogP contribution >= 0.6 is 0 Å². The maximum absolute atomic E-state index is 11.6. The van der Waals surface area contributed by atoms with Crippen LogP contribution in [-0.4, -0.2) is 60.0 Å². The lowest BCUT2D eigenvalue weighted by Crippen LogP contribution is -2.56. The van der Waals surface area contributed by atoms with Crippen molar-refractivity contribution in [3.05, 3.63) is 0 Å². The molecule has 0 bridgehead atoms. The Morgan fingerprint density at radius 1 is 1.60 bits per heavy atom. The van der Waals surface area contributed by atoms with Crippen LogP contribution in [0.15, 0.2) is 0 Å². The Kier molecular flexibility index (Phi) is 2.52. The normalized spacial score (nSPS) is 27.3. The predicted molar refractivity (Wildman–Crippen MR) is 54.1 cm³/mol. The van der Waals surface area contributed by atoms with Crippen LogP contribution < -0.4 is 11.1 Å². The molecular weight excluding hydrogens is 196 g/mol. The molecule has 0 saturated carbocycles. The highest BCUT2D eigenvalue weighted by atomic mass is 16.2. The highest BCUT2D eigenvalue weighted by Gasteiger charge is 2.37. The van der Waals surface area contributed by atoms with Gasteiger partial charge in [-0.05, 0) is 6.92 Å². The van der Waals surface area contributed by atoms with Crippen LogP contribution in [0, 0.1) is 0 Å². The first-order valence-corrected chi connectivity index (χ1v) is 5.18. The number of nitrogens with zero attached hydrogens (tertiary/aromatic N) is 2. The predicted octanol–water partition coefficient (Wildman–Crippen LogP) is -1.43. The van der Waals surface area contributed by atoms with Crippen molar-refractivity contribution in [1.82, 2.24) is 15.1 Å². The van der Waals surface area contributed by atoms with E-state index in [1.807, 2.05) is 0 Å². The van der Waals surface area contributed by atoms with Crippen molar-refractivity contribution in [2.24, 2.45) is 5.73 Å². The van der Waals surface area contributed by atoms with Gasteiger partial charge in [-0.1, -0.05) is 0 Å². The average molecular weight is 212 g/mol. The second-order valence-electron chi connectivity index (χ2n) is 4.11. The molecule has 0 aromatic rings. The largest absolute Gasteiger partial charge is 0.337 e. The molecule has 0 aliphatic carbocycles. The molecule has 3 amide bonds. The van der Waals surface area contributed by atoms with E-state index in [9.17, 15) is 9.59 Å². The summed E-state index contributed by atoms with van der Waals surface area (Å²) < 4.78 is 0. The molecule has 2 aliphatic rings. The maximum atomic E-state index is 11.6. The molecule has 0 aromatic heterocycles. The van der Waals surface area contributed by atoms with E-state index in [-0.39, 0.29) is 18.0 Å². The Bertz CT molecular complexity index is 292. The lowest BCUT2D eigenvalue weighted by atomic mass is 10.1. The fraction of sp³-hybridized carbons (Fsp3) is 0.778. The zero-order valence-electron chi connectivity index (χ0n) is 8.77. The lowest BCUT2D eigenvalue weighted by molar-refractivity contribution is -0.134. The molecule has 2 heterocycles. The molecule has 2 atom stereocenters. The summed E-state index contributed by atoms with van der Waals surface area (Å²) in [5, 5.41) is 2.77. The Morgan fingerprint density at radius 3 is 3.00 bits per heavy atom. The van der Waals surface area contributed by atoms with Gasteiger partial charge >= 0.3 is 6.03 Å². The number of hydrogen-bond acceptors (Lipinski definition) is 3. The molecule has 3 N–H and O–H groups in total. The number of rotatable bonds is 1. The van der Waals surface area contributed by atoms with Crippen molar-refractivity contribution >= 4 is 11.9 Å². The number of carbonyl (C=O) groups excluding carboxylic acids is 2. The maximum Gasteiger partial charge on any atom is 0.317 e. The lowest BCUT2D eigenvalue weighted by Gasteiger charge is -2.37. The highest BCUT2D eigenvalue weighted by Crippen LogP contribution is 2.14. The number of hydrogen-bond donors (Lipinski definition) is 2. The van der Waals surface area contributed by atoms with Gasteiger partial charge in [-0.15, -0.1) is 0 Å². The van der Waals surface area contributed by atoms with Crippen molar-refractivity contribution < 1.29 is 9.59 Å². The molecule has 6 heteroatoms. The SMILES string of the molecule is CC(N)C(=O)N1CCN2C(=O)NCC2C1. The fourth-order valence-electron chi connectivity index (χ4n) is 2.09. The van der Waals surface area contributed by atoms with Crippen molar-refractivity contribution in [2.75, 3.05) is 26.2 Å². The summed E-state index contributed by atoms with van der Waals surface area (Å²) in [6.45, 7) is 4.10. The first-order valence-electron chi connectivity index (χ1n) is 5.18. The molecular formula is C9H16N4O2. The van der Waals surface area contributed by atoms with Crippen LogP contribution in [-0.2, 0) is 4.79 Å². The first kappa shape index (κ1) is 10.2. The van der Waals surface area contributed by atoms with Gasteiger partial charge in [-0.25, -0.2) is 4.79 Å². The third-order valence-electron chi connectivity index (χ3n) is 2.93. The number of nitrogens with one attached hydrogen (secondary N) is 1. The van der Waals surface area contributed by atoms with Gasteiger partial charge in [0.2, 0.25) is 5.91 Å². The number of nitrogens with two attached hydrogens (primary N) is 1. The molecule has 15 heavy (non-hydrogen) atoms. The van der Waals surface area contributed by atoms with Crippen LogP contribution in [0.2, 0.25) is 0 Å². The quantitative estimate of drug-likeness (QED) is 0.559. The second kappa shape index (κ2) is 3.69. The molecule has 2 rings (SSSR count). The first-order chi connectivity index (χ1) is 7.09. The minimum atomic E-state index is -0.457. The smallest absolute Gasteiger partial charge is 0.317 e.